The van der Waals surface area contributed by atoms with Crippen LogP contribution in [0.2, 0.25) is 0 Å². The molecule has 2 rings (SSSR count). The summed E-state index contributed by atoms with van der Waals surface area (Å²) in [4.78, 5) is 11.8. The Morgan fingerprint density at radius 2 is 1.88 bits per heavy atom. The van der Waals surface area contributed by atoms with Crippen molar-refractivity contribution in [2.75, 3.05) is 0 Å². The second kappa shape index (κ2) is 5.13. The summed E-state index contributed by atoms with van der Waals surface area (Å²) in [5.74, 6) is 1.09. The van der Waals surface area contributed by atoms with Crippen LogP contribution in [-0.2, 0) is 4.79 Å². The third-order valence-electron chi connectivity index (χ3n) is 3.92. The first-order valence-corrected chi connectivity index (χ1v) is 6.55. The van der Waals surface area contributed by atoms with Gasteiger partial charge in [-0.1, -0.05) is 5.57 Å². The van der Waals surface area contributed by atoms with Gasteiger partial charge in [0.15, 0.2) is 0 Å². The number of carbonyl (C=O) groups excluding carboxylic acids is 1. The Kier molecular flexibility index (Phi) is 3.80. The van der Waals surface area contributed by atoms with Crippen LogP contribution in [0.15, 0.2) is 12.2 Å². The number of rotatable bonds is 5. The molecule has 90 valence electrons. The Morgan fingerprint density at radius 3 is 2.44 bits per heavy atom. The normalized spacial score (nSPS) is 32.7. The number of piperidine rings is 1. The average Bonchev–Trinajstić information content (AvgIpc) is 2.55. The molecule has 2 saturated heterocycles. The molecule has 0 aromatic rings. The van der Waals surface area contributed by atoms with Crippen LogP contribution in [0.3, 0.4) is 0 Å². The molecule has 0 spiro atoms. The fourth-order valence-electron chi connectivity index (χ4n) is 3.12. The summed E-state index contributed by atoms with van der Waals surface area (Å²) in [6, 6.07) is 1.41. The smallest absolute Gasteiger partial charge is 0.133 e. The standard InChI is InChI=1S/C14H23NO/c1-10(2)3-6-14(16)9-11-7-12-4-5-13(8-11)15-12/h11-13,15H,1,3-9H2,2H3. The maximum absolute atomic E-state index is 11.8. The fourth-order valence-corrected chi connectivity index (χ4v) is 3.12. The molecule has 2 fully saturated rings. The van der Waals surface area contributed by atoms with Gasteiger partial charge in [0.1, 0.15) is 5.78 Å². The fraction of sp³-hybridized carbons (Fsp3) is 0.786. The first-order chi connectivity index (χ1) is 7.63. The van der Waals surface area contributed by atoms with E-state index in [0.717, 1.165) is 18.4 Å². The van der Waals surface area contributed by atoms with E-state index in [1.54, 1.807) is 0 Å². The van der Waals surface area contributed by atoms with Crippen molar-refractivity contribution in [2.45, 2.75) is 64.0 Å². The SMILES string of the molecule is C=C(C)CCC(=O)CC1CC2CCC(C1)N2. The highest BCUT2D eigenvalue weighted by Gasteiger charge is 2.33. The Hall–Kier alpha value is -0.630. The monoisotopic (exact) mass is 221 g/mol. The van der Waals surface area contributed by atoms with Gasteiger partial charge in [-0.25, -0.2) is 0 Å². The van der Waals surface area contributed by atoms with E-state index >= 15 is 0 Å². The van der Waals surface area contributed by atoms with Gasteiger partial charge < -0.3 is 5.32 Å². The molecule has 2 aliphatic rings. The van der Waals surface area contributed by atoms with Gasteiger partial charge in [0.05, 0.1) is 0 Å². The van der Waals surface area contributed by atoms with E-state index in [9.17, 15) is 4.79 Å². The number of Topliss-reactive ketones (excluding diaryl/α,β-unsaturated/α-hetero) is 1. The van der Waals surface area contributed by atoms with Crippen LogP contribution in [0.4, 0.5) is 0 Å². The summed E-state index contributed by atoms with van der Waals surface area (Å²) in [6.07, 6.45) is 7.46. The molecular weight excluding hydrogens is 198 g/mol. The second-order valence-electron chi connectivity index (χ2n) is 5.68. The van der Waals surface area contributed by atoms with Crippen LogP contribution >= 0.6 is 0 Å². The predicted molar refractivity (Wildman–Crippen MR) is 66.3 cm³/mol. The summed E-state index contributed by atoms with van der Waals surface area (Å²) in [5, 5.41) is 3.62. The van der Waals surface area contributed by atoms with Crippen molar-refractivity contribution in [1.29, 1.82) is 0 Å². The van der Waals surface area contributed by atoms with Crippen LogP contribution in [0.5, 0.6) is 0 Å². The number of allylic oxidation sites excluding steroid dienone is 1. The lowest BCUT2D eigenvalue weighted by Gasteiger charge is -2.28. The van der Waals surface area contributed by atoms with E-state index in [1.165, 1.54) is 25.7 Å². The lowest BCUT2D eigenvalue weighted by atomic mass is 9.87. The van der Waals surface area contributed by atoms with Crippen LogP contribution < -0.4 is 5.32 Å². The molecule has 2 nitrogen and oxygen atoms in total. The Morgan fingerprint density at radius 1 is 1.25 bits per heavy atom. The van der Waals surface area contributed by atoms with E-state index in [0.29, 0.717) is 30.2 Å². The minimum atomic E-state index is 0.439. The Balaban J connectivity index is 1.73. The zero-order valence-electron chi connectivity index (χ0n) is 10.3. The third kappa shape index (κ3) is 3.18. The maximum atomic E-state index is 11.8. The lowest BCUT2D eigenvalue weighted by Crippen LogP contribution is -2.38. The minimum absolute atomic E-state index is 0.439. The summed E-state index contributed by atoms with van der Waals surface area (Å²) < 4.78 is 0. The highest BCUT2D eigenvalue weighted by atomic mass is 16.1. The number of hydrogen-bond acceptors (Lipinski definition) is 2. The van der Waals surface area contributed by atoms with Crippen LogP contribution in [0.25, 0.3) is 0 Å². The number of ketones is 1. The molecule has 0 aromatic carbocycles. The van der Waals surface area contributed by atoms with Crippen molar-refractivity contribution in [3.63, 3.8) is 0 Å². The highest BCUT2D eigenvalue weighted by molar-refractivity contribution is 5.78. The van der Waals surface area contributed by atoms with Gasteiger partial charge in [0.2, 0.25) is 0 Å². The Bertz CT molecular complexity index is 272. The van der Waals surface area contributed by atoms with Crippen LogP contribution in [-0.4, -0.2) is 17.9 Å². The molecular formula is C14H23NO. The molecule has 0 saturated carbocycles. The highest BCUT2D eigenvalue weighted by Crippen LogP contribution is 2.33. The number of hydrogen-bond donors (Lipinski definition) is 1. The van der Waals surface area contributed by atoms with Crippen LogP contribution in [0.1, 0.15) is 51.9 Å². The average molecular weight is 221 g/mol. The van der Waals surface area contributed by atoms with Gasteiger partial charge in [-0.2, -0.15) is 0 Å². The van der Waals surface area contributed by atoms with E-state index in [2.05, 4.69) is 11.9 Å². The zero-order chi connectivity index (χ0) is 11.5. The van der Waals surface area contributed by atoms with Crippen LogP contribution in [0, 0.1) is 5.92 Å². The first-order valence-electron chi connectivity index (χ1n) is 6.55. The largest absolute Gasteiger partial charge is 0.311 e. The summed E-state index contributed by atoms with van der Waals surface area (Å²) >= 11 is 0. The van der Waals surface area contributed by atoms with Crippen molar-refractivity contribution < 1.29 is 4.79 Å². The molecule has 1 N–H and O–H groups in total. The van der Waals surface area contributed by atoms with Crippen molar-refractivity contribution in [3.05, 3.63) is 12.2 Å². The lowest BCUT2D eigenvalue weighted by molar-refractivity contribution is -0.120. The maximum Gasteiger partial charge on any atom is 0.133 e. The molecule has 0 aromatic heterocycles. The van der Waals surface area contributed by atoms with E-state index < -0.39 is 0 Å². The van der Waals surface area contributed by atoms with Gasteiger partial charge in [-0.05, 0) is 44.9 Å². The van der Waals surface area contributed by atoms with E-state index in [1.807, 2.05) is 6.92 Å². The minimum Gasteiger partial charge on any atom is -0.311 e. The van der Waals surface area contributed by atoms with Gasteiger partial charge in [-0.3, -0.25) is 4.79 Å². The van der Waals surface area contributed by atoms with Gasteiger partial charge in [-0.15, -0.1) is 6.58 Å². The summed E-state index contributed by atoms with van der Waals surface area (Å²) in [7, 11) is 0. The quantitative estimate of drug-likeness (QED) is 0.723. The molecule has 0 radical (unpaired) electrons. The predicted octanol–water partition coefficient (Wildman–Crippen LogP) is 2.83. The number of carbonyl (C=O) groups is 1. The molecule has 2 heteroatoms. The van der Waals surface area contributed by atoms with Crippen molar-refractivity contribution in [1.82, 2.24) is 5.32 Å². The molecule has 16 heavy (non-hydrogen) atoms. The summed E-state index contributed by atoms with van der Waals surface area (Å²) in [5.41, 5.74) is 1.12. The molecule has 2 aliphatic heterocycles. The molecule has 2 atom stereocenters. The van der Waals surface area contributed by atoms with E-state index in [-0.39, 0.29) is 0 Å². The third-order valence-corrected chi connectivity index (χ3v) is 3.92. The van der Waals surface area contributed by atoms with E-state index in [4.69, 9.17) is 0 Å². The summed E-state index contributed by atoms with van der Waals surface area (Å²) in [6.45, 7) is 5.84. The molecule has 0 aliphatic carbocycles. The molecule has 2 heterocycles. The van der Waals surface area contributed by atoms with Gasteiger partial charge >= 0.3 is 0 Å². The Labute approximate surface area is 98.5 Å². The second-order valence-corrected chi connectivity index (χ2v) is 5.68. The van der Waals surface area contributed by atoms with Crippen molar-refractivity contribution in [2.24, 2.45) is 5.92 Å². The van der Waals surface area contributed by atoms with Gasteiger partial charge in [0, 0.05) is 24.9 Å². The number of nitrogens with one attached hydrogen (secondary N) is 1. The van der Waals surface area contributed by atoms with Crippen molar-refractivity contribution in [3.8, 4) is 0 Å². The topological polar surface area (TPSA) is 29.1 Å². The molecule has 2 bridgehead atoms. The molecule has 0 amide bonds. The van der Waals surface area contributed by atoms with Gasteiger partial charge in [0.25, 0.3) is 0 Å². The number of fused-ring (bicyclic) bond motifs is 2. The van der Waals surface area contributed by atoms with Crippen molar-refractivity contribution >= 4 is 5.78 Å². The molecule has 2 unspecified atom stereocenters. The first kappa shape index (κ1) is 11.8. The zero-order valence-corrected chi connectivity index (χ0v) is 10.3.